The van der Waals surface area contributed by atoms with Crippen LogP contribution in [0.1, 0.15) is 39.0 Å². The minimum absolute atomic E-state index is 0.189. The number of hydrogen-bond donors (Lipinski definition) is 1. The maximum absolute atomic E-state index is 13.1. The number of aromatic nitrogens is 2. The number of amides is 1. The molecule has 0 saturated carbocycles. The van der Waals surface area contributed by atoms with Crippen LogP contribution in [0.4, 0.5) is 5.13 Å². The van der Waals surface area contributed by atoms with E-state index in [1.807, 2.05) is 0 Å². The molecule has 0 unspecified atom stereocenters. The van der Waals surface area contributed by atoms with Gasteiger partial charge in [-0.1, -0.05) is 17.4 Å². The summed E-state index contributed by atoms with van der Waals surface area (Å²) in [6.45, 7) is 9.46. The Morgan fingerprint density at radius 3 is 2.65 bits per heavy atom. The highest BCUT2D eigenvalue weighted by molar-refractivity contribution is 7.90. The van der Waals surface area contributed by atoms with E-state index in [0.29, 0.717) is 44.4 Å². The summed E-state index contributed by atoms with van der Waals surface area (Å²) in [5.74, 6) is -0.914. The maximum atomic E-state index is 13.1. The number of hydrogen-bond acceptors (Lipinski definition) is 7. The number of fused-ring (bicyclic) bond motifs is 1. The van der Waals surface area contributed by atoms with E-state index in [-0.39, 0.29) is 11.5 Å². The molecule has 10 heteroatoms. The third-order valence-electron chi connectivity index (χ3n) is 4.78. The van der Waals surface area contributed by atoms with Gasteiger partial charge in [-0.05, 0) is 44.5 Å². The number of benzene rings is 1. The number of rotatable bonds is 7. The largest absolute Gasteiger partial charge is 0.461 e. The van der Waals surface area contributed by atoms with Crippen molar-refractivity contribution in [2.75, 3.05) is 18.2 Å². The van der Waals surface area contributed by atoms with Crippen molar-refractivity contribution in [3.8, 4) is 0 Å². The van der Waals surface area contributed by atoms with E-state index < -0.39 is 21.7 Å². The first-order valence-corrected chi connectivity index (χ1v) is 12.2. The Morgan fingerprint density at radius 1 is 1.32 bits per heavy atom. The number of sulfone groups is 1. The Morgan fingerprint density at radius 2 is 2.03 bits per heavy atom. The minimum atomic E-state index is -3.35. The van der Waals surface area contributed by atoms with Gasteiger partial charge in [-0.25, -0.2) is 18.2 Å². The Hall–Kier alpha value is -2.98. The van der Waals surface area contributed by atoms with E-state index in [1.54, 1.807) is 37.5 Å². The number of esters is 1. The molecule has 0 bridgehead atoms. The molecule has 1 amide bonds. The Labute approximate surface area is 184 Å². The first-order valence-electron chi connectivity index (χ1n) is 9.48. The number of nitrogens with zero attached hydrogens (tertiary/aromatic N) is 2. The Balaban J connectivity index is 1.99. The van der Waals surface area contributed by atoms with E-state index in [4.69, 9.17) is 4.74 Å². The number of nitrogens with one attached hydrogen (secondary N) is 1. The molecule has 0 aliphatic heterocycles. The second-order valence-electron chi connectivity index (χ2n) is 6.93. The molecule has 0 radical (unpaired) electrons. The van der Waals surface area contributed by atoms with Gasteiger partial charge in [0.15, 0.2) is 15.0 Å². The van der Waals surface area contributed by atoms with E-state index in [2.05, 4.69) is 16.9 Å². The molecule has 8 nitrogen and oxygen atoms in total. The molecule has 2 aromatic heterocycles. The minimum Gasteiger partial charge on any atom is -0.461 e. The molecular formula is C21H23N3O5S2. The number of ether oxygens (including phenoxy) is 1. The molecule has 0 saturated heterocycles. The van der Waals surface area contributed by atoms with Gasteiger partial charge in [-0.15, -0.1) is 6.58 Å². The summed E-state index contributed by atoms with van der Waals surface area (Å²) in [5, 5.41) is 3.10. The van der Waals surface area contributed by atoms with Crippen LogP contribution in [-0.2, 0) is 21.1 Å². The van der Waals surface area contributed by atoms with E-state index in [1.165, 1.54) is 23.5 Å². The lowest BCUT2D eigenvalue weighted by molar-refractivity contribution is 0.0513. The van der Waals surface area contributed by atoms with Gasteiger partial charge in [0, 0.05) is 18.5 Å². The van der Waals surface area contributed by atoms with Crippen LogP contribution in [0, 0.1) is 13.8 Å². The second kappa shape index (κ2) is 8.64. The second-order valence-corrected chi connectivity index (χ2v) is 9.97. The summed E-state index contributed by atoms with van der Waals surface area (Å²) in [6.07, 6.45) is 2.78. The SMILES string of the molecule is C=CCn1c(C)c(C(=O)Nc2nc3ccc(S(C)(=O)=O)cc3s2)c(C)c1C(=O)OCC. The van der Waals surface area contributed by atoms with Crippen LogP contribution in [0.5, 0.6) is 0 Å². The van der Waals surface area contributed by atoms with Crippen molar-refractivity contribution in [1.82, 2.24) is 9.55 Å². The van der Waals surface area contributed by atoms with Crippen LogP contribution in [0.15, 0.2) is 35.7 Å². The van der Waals surface area contributed by atoms with Gasteiger partial charge >= 0.3 is 5.97 Å². The van der Waals surface area contributed by atoms with Crippen molar-refractivity contribution in [2.24, 2.45) is 0 Å². The van der Waals surface area contributed by atoms with Gasteiger partial charge in [0.2, 0.25) is 0 Å². The molecule has 164 valence electrons. The molecule has 3 aromatic rings. The molecule has 0 aliphatic carbocycles. The standard InChI is InChI=1S/C21H23N3O5S2/c1-6-10-24-13(4)17(12(3)18(24)20(26)29-7-2)19(25)23-21-22-15-9-8-14(31(5,27)28)11-16(15)30-21/h6,8-9,11H,1,7,10H2,2-5H3,(H,22,23,25). The highest BCUT2D eigenvalue weighted by Crippen LogP contribution is 2.30. The van der Waals surface area contributed by atoms with Gasteiger partial charge in [-0.2, -0.15) is 0 Å². The summed E-state index contributed by atoms with van der Waals surface area (Å²) in [5.41, 5.74) is 2.37. The molecule has 0 atom stereocenters. The van der Waals surface area contributed by atoms with Crippen LogP contribution in [-0.4, -0.2) is 42.7 Å². The summed E-state index contributed by atoms with van der Waals surface area (Å²) >= 11 is 1.18. The predicted molar refractivity (Wildman–Crippen MR) is 121 cm³/mol. The molecule has 0 spiro atoms. The number of carbonyl (C=O) groups excluding carboxylic acids is 2. The number of anilines is 1. The molecule has 31 heavy (non-hydrogen) atoms. The van der Waals surface area contributed by atoms with E-state index >= 15 is 0 Å². The first-order chi connectivity index (χ1) is 14.6. The van der Waals surface area contributed by atoms with E-state index in [9.17, 15) is 18.0 Å². The fourth-order valence-corrected chi connectivity index (χ4v) is 5.02. The molecule has 0 fully saturated rings. The summed E-state index contributed by atoms with van der Waals surface area (Å²) < 4.78 is 31.1. The molecule has 3 rings (SSSR count). The van der Waals surface area contributed by atoms with Crippen molar-refractivity contribution in [3.63, 3.8) is 0 Å². The quantitative estimate of drug-likeness (QED) is 0.424. The fourth-order valence-electron chi connectivity index (χ4n) is 3.40. The zero-order chi connectivity index (χ0) is 22.9. The van der Waals surface area contributed by atoms with E-state index in [0.717, 1.165) is 6.26 Å². The van der Waals surface area contributed by atoms with Crippen LogP contribution in [0.3, 0.4) is 0 Å². The van der Waals surface area contributed by atoms with Crippen molar-refractivity contribution in [3.05, 3.63) is 53.4 Å². The van der Waals surface area contributed by atoms with Crippen molar-refractivity contribution in [1.29, 1.82) is 0 Å². The fraction of sp³-hybridized carbons (Fsp3) is 0.286. The zero-order valence-electron chi connectivity index (χ0n) is 17.7. The van der Waals surface area contributed by atoms with Crippen LogP contribution >= 0.6 is 11.3 Å². The van der Waals surface area contributed by atoms with Gasteiger partial charge < -0.3 is 9.30 Å². The van der Waals surface area contributed by atoms with Gasteiger partial charge in [0.05, 0.1) is 27.3 Å². The maximum Gasteiger partial charge on any atom is 0.355 e. The average molecular weight is 462 g/mol. The third-order valence-corrected chi connectivity index (χ3v) is 6.83. The average Bonchev–Trinajstić information content (AvgIpc) is 3.18. The molecule has 1 N–H and O–H groups in total. The predicted octanol–water partition coefficient (Wildman–Crippen LogP) is 3.73. The smallest absolute Gasteiger partial charge is 0.355 e. The zero-order valence-corrected chi connectivity index (χ0v) is 19.3. The summed E-state index contributed by atoms with van der Waals surface area (Å²) in [7, 11) is -3.35. The lowest BCUT2D eigenvalue weighted by atomic mass is 10.1. The van der Waals surface area contributed by atoms with Gasteiger partial charge in [0.1, 0.15) is 5.69 Å². The normalized spacial score (nSPS) is 11.5. The molecule has 1 aromatic carbocycles. The van der Waals surface area contributed by atoms with Crippen LogP contribution in [0.2, 0.25) is 0 Å². The number of carbonyl (C=O) groups is 2. The van der Waals surface area contributed by atoms with Crippen LogP contribution < -0.4 is 5.32 Å². The Bertz CT molecular complexity index is 1300. The van der Waals surface area contributed by atoms with Crippen LogP contribution in [0.25, 0.3) is 10.2 Å². The third kappa shape index (κ3) is 4.40. The van der Waals surface area contributed by atoms with Crippen molar-refractivity contribution >= 4 is 48.4 Å². The highest BCUT2D eigenvalue weighted by atomic mass is 32.2. The molecule has 2 heterocycles. The lowest BCUT2D eigenvalue weighted by Gasteiger charge is -2.08. The number of thiazole rings is 1. The molecular weight excluding hydrogens is 438 g/mol. The van der Waals surface area contributed by atoms with Crippen molar-refractivity contribution < 1.29 is 22.7 Å². The Kier molecular flexibility index (Phi) is 6.33. The van der Waals surface area contributed by atoms with Gasteiger partial charge in [0.25, 0.3) is 5.91 Å². The highest BCUT2D eigenvalue weighted by Gasteiger charge is 2.27. The monoisotopic (exact) mass is 461 g/mol. The summed E-state index contributed by atoms with van der Waals surface area (Å²) in [4.78, 5) is 30.1. The number of allylic oxidation sites excluding steroid dienone is 1. The van der Waals surface area contributed by atoms with Gasteiger partial charge in [-0.3, -0.25) is 10.1 Å². The summed E-state index contributed by atoms with van der Waals surface area (Å²) in [6, 6.07) is 4.62. The molecule has 0 aliphatic rings. The van der Waals surface area contributed by atoms with Crippen molar-refractivity contribution in [2.45, 2.75) is 32.2 Å². The first kappa shape index (κ1) is 22.7. The lowest BCUT2D eigenvalue weighted by Crippen LogP contribution is -2.14. The topological polar surface area (TPSA) is 107 Å².